The van der Waals surface area contributed by atoms with E-state index in [1.807, 2.05) is 20.8 Å². The lowest BCUT2D eigenvalue weighted by Crippen LogP contribution is -2.44. The second-order valence-electron chi connectivity index (χ2n) is 8.88. The van der Waals surface area contributed by atoms with E-state index in [0.717, 1.165) is 44.5 Å². The third-order valence-corrected chi connectivity index (χ3v) is 5.42. The molecule has 0 unspecified atom stereocenters. The second kappa shape index (κ2) is 7.04. The number of rotatable bonds is 5. The normalized spacial score (nSPS) is 25.7. The standard InChI is InChI=1S/C19H34N4O2/c1-5-20-16(21-13-19(9-10-19)14-6-7-14)23-11-8-15(12-23)22-17(24)25-18(2,3)4/h14-15H,5-13H2,1-4H3,(H,20,21)(H,22,24)/t15-/m1/s1. The number of carbonyl (C=O) groups is 1. The van der Waals surface area contributed by atoms with Crippen LogP contribution in [0.4, 0.5) is 4.79 Å². The Morgan fingerprint density at radius 1 is 1.28 bits per heavy atom. The Morgan fingerprint density at radius 3 is 2.56 bits per heavy atom. The van der Waals surface area contributed by atoms with E-state index in [1.54, 1.807) is 0 Å². The van der Waals surface area contributed by atoms with E-state index < -0.39 is 5.60 Å². The molecule has 142 valence electrons. The zero-order valence-electron chi connectivity index (χ0n) is 16.2. The smallest absolute Gasteiger partial charge is 0.407 e. The Morgan fingerprint density at radius 2 is 2.00 bits per heavy atom. The number of hydrogen-bond donors (Lipinski definition) is 2. The van der Waals surface area contributed by atoms with Crippen LogP contribution < -0.4 is 10.6 Å². The molecule has 0 aromatic carbocycles. The molecule has 2 saturated carbocycles. The topological polar surface area (TPSA) is 66.0 Å². The van der Waals surface area contributed by atoms with Gasteiger partial charge in [0.1, 0.15) is 5.60 Å². The minimum Gasteiger partial charge on any atom is -0.444 e. The highest BCUT2D eigenvalue weighted by Gasteiger charge is 2.53. The highest BCUT2D eigenvalue weighted by atomic mass is 16.6. The van der Waals surface area contributed by atoms with Gasteiger partial charge >= 0.3 is 6.09 Å². The fourth-order valence-corrected chi connectivity index (χ4v) is 3.75. The Bertz CT molecular complexity index is 518. The van der Waals surface area contributed by atoms with Crippen molar-refractivity contribution in [2.24, 2.45) is 16.3 Å². The van der Waals surface area contributed by atoms with Crippen molar-refractivity contribution in [3.63, 3.8) is 0 Å². The first kappa shape index (κ1) is 18.3. The van der Waals surface area contributed by atoms with Gasteiger partial charge in [0.15, 0.2) is 5.96 Å². The fourth-order valence-electron chi connectivity index (χ4n) is 3.75. The van der Waals surface area contributed by atoms with Gasteiger partial charge in [-0.05, 0) is 71.1 Å². The molecule has 0 spiro atoms. The third-order valence-electron chi connectivity index (χ3n) is 5.42. The molecule has 6 nitrogen and oxygen atoms in total. The number of hydrogen-bond acceptors (Lipinski definition) is 3. The number of amides is 1. The molecule has 3 aliphatic rings. The minimum absolute atomic E-state index is 0.122. The molecule has 0 radical (unpaired) electrons. The van der Waals surface area contributed by atoms with Crippen LogP contribution in [-0.4, -0.2) is 54.8 Å². The average Bonchev–Trinajstić information content (AvgIpc) is 3.40. The predicted octanol–water partition coefficient (Wildman–Crippen LogP) is 2.74. The van der Waals surface area contributed by atoms with Gasteiger partial charge in [-0.2, -0.15) is 0 Å². The number of ether oxygens (including phenoxy) is 1. The van der Waals surface area contributed by atoms with E-state index in [1.165, 1.54) is 25.7 Å². The third kappa shape index (κ3) is 5.02. The lowest BCUT2D eigenvalue weighted by Gasteiger charge is -2.24. The van der Waals surface area contributed by atoms with Crippen molar-refractivity contribution in [3.8, 4) is 0 Å². The van der Waals surface area contributed by atoms with Gasteiger partial charge in [-0.15, -0.1) is 0 Å². The lowest BCUT2D eigenvalue weighted by atomic mass is 10.0. The van der Waals surface area contributed by atoms with Crippen LogP contribution in [0.2, 0.25) is 0 Å². The Labute approximate surface area is 151 Å². The van der Waals surface area contributed by atoms with Crippen molar-refractivity contribution in [1.82, 2.24) is 15.5 Å². The van der Waals surface area contributed by atoms with Gasteiger partial charge in [-0.25, -0.2) is 4.79 Å². The minimum atomic E-state index is -0.458. The monoisotopic (exact) mass is 350 g/mol. The van der Waals surface area contributed by atoms with Gasteiger partial charge in [-0.1, -0.05) is 0 Å². The van der Waals surface area contributed by atoms with Gasteiger partial charge in [-0.3, -0.25) is 4.99 Å². The Hall–Kier alpha value is -1.46. The molecular formula is C19H34N4O2. The van der Waals surface area contributed by atoms with Crippen molar-refractivity contribution in [1.29, 1.82) is 0 Å². The second-order valence-corrected chi connectivity index (χ2v) is 8.88. The molecule has 3 fully saturated rings. The van der Waals surface area contributed by atoms with Gasteiger partial charge < -0.3 is 20.3 Å². The summed E-state index contributed by atoms with van der Waals surface area (Å²) in [5, 5.41) is 6.42. The van der Waals surface area contributed by atoms with Crippen LogP contribution in [-0.2, 0) is 4.74 Å². The summed E-state index contributed by atoms with van der Waals surface area (Å²) >= 11 is 0. The quantitative estimate of drug-likeness (QED) is 0.591. The summed E-state index contributed by atoms with van der Waals surface area (Å²) in [5.41, 5.74) is 0.0642. The highest BCUT2D eigenvalue weighted by Crippen LogP contribution is 2.61. The molecule has 1 amide bonds. The molecule has 2 aliphatic carbocycles. The van der Waals surface area contributed by atoms with E-state index in [4.69, 9.17) is 9.73 Å². The molecule has 25 heavy (non-hydrogen) atoms. The number of guanidine groups is 1. The van der Waals surface area contributed by atoms with Crippen LogP contribution in [0.5, 0.6) is 0 Å². The maximum Gasteiger partial charge on any atom is 0.407 e. The first-order valence-electron chi connectivity index (χ1n) is 9.84. The Kier molecular flexibility index (Phi) is 5.16. The van der Waals surface area contributed by atoms with E-state index in [-0.39, 0.29) is 12.1 Å². The van der Waals surface area contributed by atoms with Crippen LogP contribution in [0, 0.1) is 11.3 Å². The molecular weight excluding hydrogens is 316 g/mol. The number of alkyl carbamates (subject to hydrolysis) is 1. The van der Waals surface area contributed by atoms with Gasteiger partial charge in [0.25, 0.3) is 0 Å². The van der Waals surface area contributed by atoms with Crippen LogP contribution >= 0.6 is 0 Å². The number of carbonyl (C=O) groups excluding carboxylic acids is 1. The van der Waals surface area contributed by atoms with Crippen LogP contribution in [0.1, 0.15) is 59.8 Å². The lowest BCUT2D eigenvalue weighted by molar-refractivity contribution is 0.0507. The van der Waals surface area contributed by atoms with Crippen molar-refractivity contribution < 1.29 is 9.53 Å². The van der Waals surface area contributed by atoms with Crippen molar-refractivity contribution in [2.45, 2.75) is 71.4 Å². The van der Waals surface area contributed by atoms with Crippen LogP contribution in [0.3, 0.4) is 0 Å². The first-order chi connectivity index (χ1) is 11.8. The number of nitrogens with one attached hydrogen (secondary N) is 2. The molecule has 0 aromatic heterocycles. The molecule has 1 atom stereocenters. The first-order valence-corrected chi connectivity index (χ1v) is 9.84. The largest absolute Gasteiger partial charge is 0.444 e. The van der Waals surface area contributed by atoms with Gasteiger partial charge in [0.2, 0.25) is 0 Å². The molecule has 1 heterocycles. The summed E-state index contributed by atoms with van der Waals surface area (Å²) in [6.07, 6.45) is 6.10. The zero-order valence-corrected chi connectivity index (χ0v) is 16.2. The molecule has 3 rings (SSSR count). The maximum absolute atomic E-state index is 12.0. The summed E-state index contributed by atoms with van der Waals surface area (Å²) in [7, 11) is 0. The molecule has 6 heteroatoms. The predicted molar refractivity (Wildman–Crippen MR) is 99.7 cm³/mol. The van der Waals surface area contributed by atoms with Gasteiger partial charge in [0, 0.05) is 26.2 Å². The maximum atomic E-state index is 12.0. The molecule has 1 saturated heterocycles. The van der Waals surface area contributed by atoms with Crippen LogP contribution in [0.25, 0.3) is 0 Å². The van der Waals surface area contributed by atoms with E-state index in [9.17, 15) is 4.79 Å². The average molecular weight is 351 g/mol. The van der Waals surface area contributed by atoms with Crippen LogP contribution in [0.15, 0.2) is 4.99 Å². The fraction of sp³-hybridized carbons (Fsp3) is 0.895. The summed E-state index contributed by atoms with van der Waals surface area (Å²) in [5.74, 6) is 1.93. The number of likely N-dealkylation sites (tertiary alicyclic amines) is 1. The van der Waals surface area contributed by atoms with Gasteiger partial charge in [0.05, 0.1) is 6.04 Å². The number of nitrogens with zero attached hydrogens (tertiary/aromatic N) is 2. The summed E-state index contributed by atoms with van der Waals surface area (Å²) in [6, 6.07) is 0.122. The van der Waals surface area contributed by atoms with Crippen molar-refractivity contribution in [3.05, 3.63) is 0 Å². The number of aliphatic imine (C=N–C) groups is 1. The summed E-state index contributed by atoms with van der Waals surface area (Å²) in [6.45, 7) is 11.3. The van der Waals surface area contributed by atoms with E-state index in [2.05, 4.69) is 22.5 Å². The molecule has 0 bridgehead atoms. The summed E-state index contributed by atoms with van der Waals surface area (Å²) in [4.78, 5) is 19.2. The van der Waals surface area contributed by atoms with E-state index in [0.29, 0.717) is 5.41 Å². The molecule has 2 N–H and O–H groups in total. The SMILES string of the molecule is CCNC(=NCC1(C2CC2)CC1)N1CC[C@@H](NC(=O)OC(C)(C)C)C1. The highest BCUT2D eigenvalue weighted by molar-refractivity contribution is 5.80. The van der Waals surface area contributed by atoms with Crippen molar-refractivity contribution >= 4 is 12.1 Å². The summed E-state index contributed by atoms with van der Waals surface area (Å²) < 4.78 is 5.36. The zero-order chi connectivity index (χ0) is 18.1. The van der Waals surface area contributed by atoms with Crippen molar-refractivity contribution in [2.75, 3.05) is 26.2 Å². The molecule has 1 aliphatic heterocycles. The Balaban J connectivity index is 1.51. The van der Waals surface area contributed by atoms with E-state index >= 15 is 0 Å². The molecule has 0 aromatic rings.